The number of rotatable bonds is 6. The van der Waals surface area contributed by atoms with E-state index < -0.39 is 0 Å². The molecule has 2 aromatic carbocycles. The Labute approximate surface area is 185 Å². The number of anilines is 2. The first-order valence-electron chi connectivity index (χ1n) is 9.17. The highest BCUT2D eigenvalue weighted by Crippen LogP contribution is 2.26. The smallest absolute Gasteiger partial charge is 0.200 e. The molecule has 2 aromatic heterocycles. The fourth-order valence-corrected chi connectivity index (χ4v) is 3.87. The van der Waals surface area contributed by atoms with E-state index in [1.807, 2.05) is 45.8 Å². The predicted octanol–water partition coefficient (Wildman–Crippen LogP) is 5.19. The quantitative estimate of drug-likeness (QED) is 0.369. The summed E-state index contributed by atoms with van der Waals surface area (Å²) in [6.07, 6.45) is 4.48. The molecule has 0 saturated heterocycles. The number of halogens is 2. The van der Waals surface area contributed by atoms with Gasteiger partial charge in [-0.2, -0.15) is 0 Å². The molecule has 6 nitrogen and oxygen atoms in total. The van der Waals surface area contributed by atoms with Crippen molar-refractivity contribution < 1.29 is 0 Å². The van der Waals surface area contributed by atoms with Gasteiger partial charge in [0.15, 0.2) is 0 Å². The average molecular weight is 516 g/mol. The summed E-state index contributed by atoms with van der Waals surface area (Å²) in [5.74, 6) is 1.02. The van der Waals surface area contributed by atoms with Gasteiger partial charge in [0.05, 0.1) is 23.8 Å². The molecule has 29 heavy (non-hydrogen) atoms. The van der Waals surface area contributed by atoms with Crippen LogP contribution in [0.15, 0.2) is 69.9 Å². The molecule has 0 atom stereocenters. The number of nitrogens with zero attached hydrogens (tertiary/aromatic N) is 4. The Bertz CT molecular complexity index is 1020. The largest absolute Gasteiger partial charge is 0.369 e. The molecule has 4 N–H and O–H groups in total. The van der Waals surface area contributed by atoms with Gasteiger partial charge in [-0.05, 0) is 41.8 Å². The molecule has 0 spiro atoms. The van der Waals surface area contributed by atoms with E-state index in [0.29, 0.717) is 11.9 Å². The van der Waals surface area contributed by atoms with Crippen molar-refractivity contribution in [3.8, 4) is 22.5 Å². The minimum absolute atomic E-state index is 0.509. The summed E-state index contributed by atoms with van der Waals surface area (Å²) in [4.78, 5) is 8.61. The van der Waals surface area contributed by atoms with Gasteiger partial charge in [-0.15, -0.1) is 0 Å². The van der Waals surface area contributed by atoms with Gasteiger partial charge in [0.25, 0.3) is 0 Å². The van der Waals surface area contributed by atoms with Crippen molar-refractivity contribution in [1.29, 1.82) is 0 Å². The number of imidazole rings is 2. The Morgan fingerprint density at radius 1 is 0.655 bits per heavy atom. The molecule has 148 valence electrons. The molecule has 0 fully saturated rings. The standard InChI is InChI=1S/C21H20Br2N6/c22-16-6-2-14(3-7-16)18-12-26-20(24)28(18)10-1-11-29-19(13-27-21(29)25)15-4-8-17(23)9-5-15/h2-9,12-13H,1,10-11H2,(H2,24,26)(H2,25,27). The van der Waals surface area contributed by atoms with E-state index >= 15 is 0 Å². The van der Waals surface area contributed by atoms with Crippen LogP contribution in [-0.2, 0) is 13.1 Å². The molecule has 0 bridgehead atoms. The Morgan fingerprint density at radius 2 is 1.03 bits per heavy atom. The van der Waals surface area contributed by atoms with E-state index in [1.54, 1.807) is 0 Å². The first-order chi connectivity index (χ1) is 14.0. The summed E-state index contributed by atoms with van der Waals surface area (Å²) in [7, 11) is 0. The maximum atomic E-state index is 6.13. The average Bonchev–Trinajstić information content (AvgIpc) is 3.26. The number of aromatic nitrogens is 4. The van der Waals surface area contributed by atoms with Crippen molar-refractivity contribution in [2.75, 3.05) is 11.5 Å². The van der Waals surface area contributed by atoms with Gasteiger partial charge in [0.1, 0.15) is 0 Å². The zero-order chi connectivity index (χ0) is 20.4. The van der Waals surface area contributed by atoms with Crippen LogP contribution in [0.5, 0.6) is 0 Å². The first-order valence-corrected chi connectivity index (χ1v) is 10.8. The van der Waals surface area contributed by atoms with Gasteiger partial charge >= 0.3 is 0 Å². The lowest BCUT2D eigenvalue weighted by atomic mass is 10.1. The van der Waals surface area contributed by atoms with Crippen molar-refractivity contribution in [1.82, 2.24) is 19.1 Å². The highest BCUT2D eigenvalue weighted by Gasteiger charge is 2.12. The van der Waals surface area contributed by atoms with E-state index in [0.717, 1.165) is 51.0 Å². The highest BCUT2D eigenvalue weighted by atomic mass is 79.9. The lowest BCUT2D eigenvalue weighted by Crippen LogP contribution is -2.10. The topological polar surface area (TPSA) is 87.7 Å². The van der Waals surface area contributed by atoms with E-state index in [-0.39, 0.29) is 0 Å². The van der Waals surface area contributed by atoms with Gasteiger partial charge < -0.3 is 20.6 Å². The molecule has 0 unspecified atom stereocenters. The monoisotopic (exact) mass is 514 g/mol. The fraction of sp³-hybridized carbons (Fsp3) is 0.143. The van der Waals surface area contributed by atoms with Crippen LogP contribution in [0.25, 0.3) is 22.5 Å². The van der Waals surface area contributed by atoms with Crippen molar-refractivity contribution >= 4 is 43.8 Å². The van der Waals surface area contributed by atoms with Crippen LogP contribution < -0.4 is 11.5 Å². The Kier molecular flexibility index (Phi) is 5.73. The molecule has 0 aliphatic carbocycles. The van der Waals surface area contributed by atoms with Gasteiger partial charge in [0, 0.05) is 22.0 Å². The van der Waals surface area contributed by atoms with Gasteiger partial charge in [-0.25, -0.2) is 9.97 Å². The van der Waals surface area contributed by atoms with Crippen LogP contribution in [0.2, 0.25) is 0 Å². The molecule has 0 aliphatic heterocycles. The summed E-state index contributed by atoms with van der Waals surface area (Å²) < 4.78 is 6.15. The summed E-state index contributed by atoms with van der Waals surface area (Å²) >= 11 is 6.94. The lowest BCUT2D eigenvalue weighted by Gasteiger charge is -2.13. The molecular formula is C21H20Br2N6. The summed E-state index contributed by atoms with van der Waals surface area (Å²) in [6.45, 7) is 1.46. The van der Waals surface area contributed by atoms with Crippen LogP contribution >= 0.6 is 31.9 Å². The number of hydrogen-bond acceptors (Lipinski definition) is 4. The van der Waals surface area contributed by atoms with Crippen LogP contribution in [0.4, 0.5) is 11.9 Å². The summed E-state index contributed by atoms with van der Waals surface area (Å²) in [6, 6.07) is 16.3. The predicted molar refractivity (Wildman–Crippen MR) is 124 cm³/mol. The van der Waals surface area contributed by atoms with Crippen molar-refractivity contribution in [2.45, 2.75) is 19.5 Å². The van der Waals surface area contributed by atoms with E-state index in [1.165, 1.54) is 0 Å². The third-order valence-electron chi connectivity index (χ3n) is 4.82. The third-order valence-corrected chi connectivity index (χ3v) is 5.87. The minimum Gasteiger partial charge on any atom is -0.369 e. The second kappa shape index (κ2) is 8.42. The first kappa shape index (κ1) is 19.7. The van der Waals surface area contributed by atoms with Crippen molar-refractivity contribution in [3.05, 3.63) is 69.9 Å². The van der Waals surface area contributed by atoms with Crippen LogP contribution in [0, 0.1) is 0 Å². The second-order valence-corrected chi connectivity index (χ2v) is 8.51. The third kappa shape index (κ3) is 4.23. The van der Waals surface area contributed by atoms with Gasteiger partial charge in [-0.3, -0.25) is 0 Å². The van der Waals surface area contributed by atoms with Crippen LogP contribution in [-0.4, -0.2) is 19.1 Å². The molecule has 4 aromatic rings. The maximum Gasteiger partial charge on any atom is 0.200 e. The normalized spacial score (nSPS) is 11.1. The molecule has 4 rings (SSSR count). The van der Waals surface area contributed by atoms with Gasteiger partial charge in [0.2, 0.25) is 11.9 Å². The number of benzene rings is 2. The molecule has 8 heteroatoms. The Morgan fingerprint density at radius 3 is 1.41 bits per heavy atom. The van der Waals surface area contributed by atoms with Crippen LogP contribution in [0.1, 0.15) is 6.42 Å². The summed E-state index contributed by atoms with van der Waals surface area (Å²) in [5.41, 5.74) is 16.4. The van der Waals surface area contributed by atoms with E-state index in [4.69, 9.17) is 11.5 Å². The molecule has 0 radical (unpaired) electrons. The zero-order valence-electron chi connectivity index (χ0n) is 15.6. The molecule has 0 amide bonds. The molecular weight excluding hydrogens is 496 g/mol. The van der Waals surface area contributed by atoms with Gasteiger partial charge in [-0.1, -0.05) is 56.1 Å². The summed E-state index contributed by atoms with van der Waals surface area (Å²) in [5, 5.41) is 0. The number of hydrogen-bond donors (Lipinski definition) is 2. The van der Waals surface area contributed by atoms with E-state index in [9.17, 15) is 0 Å². The second-order valence-electron chi connectivity index (χ2n) is 6.67. The van der Waals surface area contributed by atoms with Crippen LogP contribution in [0.3, 0.4) is 0 Å². The molecule has 0 saturated carbocycles. The van der Waals surface area contributed by atoms with E-state index in [2.05, 4.69) is 66.1 Å². The maximum absolute atomic E-state index is 6.13. The Hall–Kier alpha value is -2.58. The molecule has 0 aliphatic rings. The lowest BCUT2D eigenvalue weighted by molar-refractivity contribution is 0.577. The molecule has 2 heterocycles. The highest BCUT2D eigenvalue weighted by molar-refractivity contribution is 9.10. The fourth-order valence-electron chi connectivity index (χ4n) is 3.34. The van der Waals surface area contributed by atoms with Crippen molar-refractivity contribution in [2.24, 2.45) is 0 Å². The zero-order valence-corrected chi connectivity index (χ0v) is 18.8. The number of nitrogen functional groups attached to an aromatic ring is 2. The number of nitrogens with two attached hydrogens (primary N) is 2. The Balaban J connectivity index is 1.52. The minimum atomic E-state index is 0.509. The SMILES string of the molecule is Nc1ncc(-c2ccc(Br)cc2)n1CCCn1c(-c2ccc(Br)cc2)cnc1N. The van der Waals surface area contributed by atoms with Crippen molar-refractivity contribution in [3.63, 3.8) is 0 Å².